The van der Waals surface area contributed by atoms with E-state index in [4.69, 9.17) is 11.5 Å². The zero-order chi connectivity index (χ0) is 10.4. The lowest BCUT2D eigenvalue weighted by molar-refractivity contribution is 1.32. The van der Waals surface area contributed by atoms with Crippen molar-refractivity contribution in [3.05, 3.63) is 24.5 Å². The zero-order valence-electron chi connectivity index (χ0n) is 7.86. The summed E-state index contributed by atoms with van der Waals surface area (Å²) in [7, 11) is 0. The Morgan fingerprint density at radius 3 is 2.93 bits per heavy atom. The highest BCUT2D eigenvalue weighted by molar-refractivity contribution is 6.11. The van der Waals surface area contributed by atoms with Crippen LogP contribution in [0, 0.1) is 0 Å². The minimum absolute atomic E-state index is 0.478. The average Bonchev–Trinajstić information content (AvgIpc) is 2.57. The summed E-state index contributed by atoms with van der Waals surface area (Å²) in [5, 5.41) is 1.87. The Morgan fingerprint density at radius 2 is 2.07 bits per heavy atom. The van der Waals surface area contributed by atoms with Gasteiger partial charge in [0.2, 0.25) is 0 Å². The van der Waals surface area contributed by atoms with Crippen LogP contribution in [0.2, 0.25) is 0 Å². The monoisotopic (exact) mass is 199 g/mol. The lowest BCUT2D eigenvalue weighted by atomic mass is 10.2. The quantitative estimate of drug-likeness (QED) is 0.508. The fourth-order valence-electron chi connectivity index (χ4n) is 1.76. The maximum Gasteiger partial charge on any atom is 0.140 e. The fourth-order valence-corrected chi connectivity index (χ4v) is 1.76. The second kappa shape index (κ2) is 2.60. The predicted molar refractivity (Wildman–Crippen MR) is 60.2 cm³/mol. The first-order valence-electron chi connectivity index (χ1n) is 4.53. The summed E-state index contributed by atoms with van der Waals surface area (Å²) in [5.74, 6) is 0.478. The summed E-state index contributed by atoms with van der Waals surface area (Å²) in [5.41, 5.74) is 13.9. The Balaban J connectivity index is 2.61. The fraction of sp³-hybridized carbons (Fsp3) is 0. The molecule has 15 heavy (non-hydrogen) atoms. The molecule has 0 amide bonds. The maximum atomic E-state index is 5.90. The Morgan fingerprint density at radius 1 is 1.20 bits per heavy atom. The van der Waals surface area contributed by atoms with Crippen LogP contribution in [0.3, 0.4) is 0 Å². The van der Waals surface area contributed by atoms with Gasteiger partial charge in [0.05, 0.1) is 11.7 Å². The number of nitrogens with one attached hydrogen (secondary N) is 1. The van der Waals surface area contributed by atoms with Crippen LogP contribution in [0.15, 0.2) is 24.5 Å². The summed E-state index contributed by atoms with van der Waals surface area (Å²) in [6, 6.07) is 3.57. The van der Waals surface area contributed by atoms with Gasteiger partial charge in [-0.2, -0.15) is 0 Å². The molecule has 5 nitrogen and oxygen atoms in total. The molecule has 0 unspecified atom stereocenters. The normalized spacial score (nSPS) is 11.2. The first-order chi connectivity index (χ1) is 7.25. The molecular weight excluding hydrogens is 190 g/mol. The Kier molecular flexibility index (Phi) is 1.39. The minimum atomic E-state index is 0.478. The largest absolute Gasteiger partial charge is 0.398 e. The number of rotatable bonds is 0. The summed E-state index contributed by atoms with van der Waals surface area (Å²) in [6.07, 6.45) is 3.36. The van der Waals surface area contributed by atoms with Gasteiger partial charge in [0.15, 0.2) is 0 Å². The number of hydrogen-bond donors (Lipinski definition) is 3. The van der Waals surface area contributed by atoms with Crippen LogP contribution in [0.4, 0.5) is 11.5 Å². The molecule has 0 aromatic carbocycles. The van der Waals surface area contributed by atoms with Crippen molar-refractivity contribution in [1.29, 1.82) is 0 Å². The Bertz CT molecular complexity index is 655. The van der Waals surface area contributed by atoms with Crippen molar-refractivity contribution in [2.24, 2.45) is 0 Å². The van der Waals surface area contributed by atoms with E-state index in [9.17, 15) is 0 Å². The lowest BCUT2D eigenvalue weighted by Crippen LogP contribution is -1.88. The highest BCUT2D eigenvalue weighted by Gasteiger charge is 2.08. The molecule has 0 saturated heterocycles. The molecule has 3 aromatic rings. The number of aromatic amines is 1. The molecule has 0 fully saturated rings. The van der Waals surface area contributed by atoms with E-state index in [2.05, 4.69) is 15.0 Å². The molecule has 5 heteroatoms. The van der Waals surface area contributed by atoms with E-state index in [-0.39, 0.29) is 0 Å². The van der Waals surface area contributed by atoms with Gasteiger partial charge in [-0.15, -0.1) is 0 Å². The molecule has 0 aliphatic carbocycles. The summed E-state index contributed by atoms with van der Waals surface area (Å²) in [6.45, 7) is 0. The highest BCUT2D eigenvalue weighted by Crippen LogP contribution is 2.28. The van der Waals surface area contributed by atoms with E-state index in [1.54, 1.807) is 24.5 Å². The number of pyridine rings is 2. The molecule has 0 bridgehead atoms. The number of nitrogens with two attached hydrogens (primary N) is 2. The second-order valence-corrected chi connectivity index (χ2v) is 3.40. The van der Waals surface area contributed by atoms with Gasteiger partial charge in [0.25, 0.3) is 0 Å². The molecule has 0 aliphatic heterocycles. The summed E-state index contributed by atoms with van der Waals surface area (Å²) >= 11 is 0. The van der Waals surface area contributed by atoms with Crippen molar-refractivity contribution in [3.63, 3.8) is 0 Å². The number of nitrogens with zero attached hydrogens (tertiary/aromatic N) is 2. The van der Waals surface area contributed by atoms with E-state index in [1.807, 2.05) is 0 Å². The van der Waals surface area contributed by atoms with E-state index in [0.29, 0.717) is 11.5 Å². The van der Waals surface area contributed by atoms with Crippen LogP contribution in [0.5, 0.6) is 0 Å². The van der Waals surface area contributed by atoms with Crippen LogP contribution in [-0.2, 0) is 0 Å². The molecule has 0 radical (unpaired) electrons. The smallest absolute Gasteiger partial charge is 0.140 e. The zero-order valence-corrected chi connectivity index (χ0v) is 7.86. The summed E-state index contributed by atoms with van der Waals surface area (Å²) in [4.78, 5) is 11.4. The van der Waals surface area contributed by atoms with E-state index >= 15 is 0 Å². The summed E-state index contributed by atoms with van der Waals surface area (Å²) < 4.78 is 0. The topological polar surface area (TPSA) is 93.6 Å². The van der Waals surface area contributed by atoms with Crippen molar-refractivity contribution in [3.8, 4) is 0 Å². The molecular formula is C10H9N5. The number of nitrogen functional groups attached to an aromatic ring is 2. The van der Waals surface area contributed by atoms with Crippen molar-refractivity contribution >= 4 is 33.4 Å². The molecule has 0 atom stereocenters. The Hall–Kier alpha value is -2.30. The standard InChI is InChI=1S/C10H9N5/c11-6-1-2-13-10-9(6)5-3-8(12)14-4-7(5)15-10/h1-4H,(H2,12,14)(H3,11,13,15). The van der Waals surface area contributed by atoms with Gasteiger partial charge in [-0.25, -0.2) is 9.97 Å². The van der Waals surface area contributed by atoms with Gasteiger partial charge in [0, 0.05) is 22.7 Å². The molecule has 0 spiro atoms. The predicted octanol–water partition coefficient (Wildman–Crippen LogP) is 1.28. The van der Waals surface area contributed by atoms with Crippen LogP contribution < -0.4 is 11.5 Å². The Labute approximate surface area is 85.1 Å². The minimum Gasteiger partial charge on any atom is -0.398 e. The van der Waals surface area contributed by atoms with Gasteiger partial charge in [0.1, 0.15) is 11.5 Å². The average molecular weight is 199 g/mol. The van der Waals surface area contributed by atoms with E-state index in [0.717, 1.165) is 21.9 Å². The molecule has 74 valence electrons. The number of aromatic nitrogens is 3. The van der Waals surface area contributed by atoms with Gasteiger partial charge < -0.3 is 16.5 Å². The van der Waals surface area contributed by atoms with Crippen LogP contribution >= 0.6 is 0 Å². The molecule has 3 aromatic heterocycles. The van der Waals surface area contributed by atoms with Gasteiger partial charge >= 0.3 is 0 Å². The van der Waals surface area contributed by atoms with Crippen molar-refractivity contribution < 1.29 is 0 Å². The molecule has 5 N–H and O–H groups in total. The maximum absolute atomic E-state index is 5.90. The van der Waals surface area contributed by atoms with E-state index in [1.165, 1.54) is 0 Å². The van der Waals surface area contributed by atoms with Crippen LogP contribution in [0.25, 0.3) is 21.9 Å². The molecule has 3 heterocycles. The number of hydrogen-bond acceptors (Lipinski definition) is 4. The third-order valence-electron chi connectivity index (χ3n) is 2.43. The second-order valence-electron chi connectivity index (χ2n) is 3.40. The third-order valence-corrected chi connectivity index (χ3v) is 2.43. The van der Waals surface area contributed by atoms with Crippen molar-refractivity contribution in [2.75, 3.05) is 11.5 Å². The third kappa shape index (κ3) is 1.03. The number of H-pyrrole nitrogens is 1. The molecule has 3 rings (SSSR count). The molecule has 0 aliphatic rings. The van der Waals surface area contributed by atoms with Gasteiger partial charge in [-0.05, 0) is 12.1 Å². The van der Waals surface area contributed by atoms with Gasteiger partial charge in [-0.1, -0.05) is 0 Å². The SMILES string of the molecule is Nc1cc2c(cn1)[nH]c1nccc(N)c12. The van der Waals surface area contributed by atoms with Crippen LogP contribution in [-0.4, -0.2) is 15.0 Å². The van der Waals surface area contributed by atoms with E-state index < -0.39 is 0 Å². The number of fused-ring (bicyclic) bond motifs is 3. The molecule has 0 saturated carbocycles. The lowest BCUT2D eigenvalue weighted by Gasteiger charge is -1.95. The van der Waals surface area contributed by atoms with Gasteiger partial charge in [-0.3, -0.25) is 0 Å². The first-order valence-corrected chi connectivity index (χ1v) is 4.53. The first kappa shape index (κ1) is 8.05. The van der Waals surface area contributed by atoms with Crippen molar-refractivity contribution in [2.45, 2.75) is 0 Å². The number of anilines is 2. The van der Waals surface area contributed by atoms with Crippen molar-refractivity contribution in [1.82, 2.24) is 15.0 Å². The van der Waals surface area contributed by atoms with Crippen LogP contribution in [0.1, 0.15) is 0 Å². The highest BCUT2D eigenvalue weighted by atomic mass is 14.9.